The molecule has 1 aromatic heterocycles. The number of nitrogens with zero attached hydrogens (tertiary/aromatic N) is 3. The van der Waals surface area contributed by atoms with Crippen LogP contribution in [0.4, 0.5) is 0 Å². The number of hydrogen-bond acceptors (Lipinski definition) is 4. The normalized spacial score (nSPS) is 22.4. The fourth-order valence-corrected chi connectivity index (χ4v) is 4.59. The first kappa shape index (κ1) is 18.0. The number of fused-ring (bicyclic) bond motifs is 1. The molecule has 2 saturated heterocycles. The summed E-state index contributed by atoms with van der Waals surface area (Å²) in [6.07, 6.45) is 2.77. The number of aromatic nitrogens is 2. The highest BCUT2D eigenvalue weighted by atomic mass is 16.2. The van der Waals surface area contributed by atoms with Crippen LogP contribution in [0, 0.1) is 0 Å². The third-order valence-electron chi connectivity index (χ3n) is 6.13. The largest absolute Gasteiger partial charge is 0.329 e. The number of piperidine rings is 2. The summed E-state index contributed by atoms with van der Waals surface area (Å²) in [4.78, 5) is 39.3. The minimum atomic E-state index is -0.629. The SMILES string of the molecule is CCN1CCC(c2cccc3c2n(C)c(=O)n3C2CCC(=O)NC2=O)CC1. The molecule has 1 aromatic carbocycles. The number of nitrogens with one attached hydrogen (secondary N) is 1. The molecule has 1 N–H and O–H groups in total. The second kappa shape index (κ2) is 6.96. The maximum atomic E-state index is 13.0. The van der Waals surface area contributed by atoms with E-state index in [0.29, 0.717) is 12.3 Å². The van der Waals surface area contributed by atoms with E-state index in [4.69, 9.17) is 0 Å². The molecule has 144 valence electrons. The van der Waals surface area contributed by atoms with Gasteiger partial charge in [-0.1, -0.05) is 19.1 Å². The Balaban J connectivity index is 1.78. The minimum absolute atomic E-state index is 0.196. The number of benzene rings is 1. The quantitative estimate of drug-likeness (QED) is 0.831. The van der Waals surface area contributed by atoms with Crippen molar-refractivity contribution < 1.29 is 9.59 Å². The van der Waals surface area contributed by atoms with Crippen LogP contribution in [0.25, 0.3) is 11.0 Å². The molecule has 3 heterocycles. The molecular formula is C20H26N4O3. The number of likely N-dealkylation sites (tertiary alicyclic amines) is 1. The summed E-state index contributed by atoms with van der Waals surface area (Å²) in [6.45, 7) is 5.39. The van der Waals surface area contributed by atoms with Gasteiger partial charge in [-0.05, 0) is 56.4 Å². The van der Waals surface area contributed by atoms with Gasteiger partial charge in [-0.15, -0.1) is 0 Å². The molecule has 1 atom stereocenters. The number of rotatable bonds is 3. The molecule has 7 nitrogen and oxygen atoms in total. The van der Waals surface area contributed by atoms with Gasteiger partial charge in [0.15, 0.2) is 0 Å². The summed E-state index contributed by atoms with van der Waals surface area (Å²) in [5, 5.41) is 2.37. The summed E-state index contributed by atoms with van der Waals surface area (Å²) < 4.78 is 3.24. The number of hydrogen-bond donors (Lipinski definition) is 1. The monoisotopic (exact) mass is 370 g/mol. The van der Waals surface area contributed by atoms with Crippen molar-refractivity contribution in [2.24, 2.45) is 7.05 Å². The number of amides is 2. The van der Waals surface area contributed by atoms with Crippen molar-refractivity contribution in [3.05, 3.63) is 34.2 Å². The van der Waals surface area contributed by atoms with Crippen molar-refractivity contribution in [3.63, 3.8) is 0 Å². The Kier molecular flexibility index (Phi) is 4.63. The van der Waals surface area contributed by atoms with Gasteiger partial charge in [-0.3, -0.25) is 24.0 Å². The maximum Gasteiger partial charge on any atom is 0.329 e. The molecule has 2 fully saturated rings. The van der Waals surface area contributed by atoms with Crippen LogP contribution in [0.3, 0.4) is 0 Å². The molecule has 2 aliphatic rings. The topological polar surface area (TPSA) is 76.3 Å². The van der Waals surface area contributed by atoms with Gasteiger partial charge in [0.1, 0.15) is 6.04 Å². The van der Waals surface area contributed by atoms with E-state index in [0.717, 1.165) is 43.5 Å². The Labute approximate surface area is 157 Å². The van der Waals surface area contributed by atoms with E-state index in [-0.39, 0.29) is 23.9 Å². The van der Waals surface area contributed by atoms with Crippen LogP contribution in [0.1, 0.15) is 50.1 Å². The van der Waals surface area contributed by atoms with Crippen molar-refractivity contribution in [3.8, 4) is 0 Å². The Morgan fingerprint density at radius 2 is 1.85 bits per heavy atom. The van der Waals surface area contributed by atoms with Crippen molar-refractivity contribution in [1.29, 1.82) is 0 Å². The summed E-state index contributed by atoms with van der Waals surface area (Å²) in [7, 11) is 1.78. The Morgan fingerprint density at radius 1 is 1.11 bits per heavy atom. The van der Waals surface area contributed by atoms with E-state index in [1.54, 1.807) is 16.2 Å². The molecule has 0 radical (unpaired) electrons. The van der Waals surface area contributed by atoms with Gasteiger partial charge in [-0.2, -0.15) is 0 Å². The molecule has 2 aromatic rings. The smallest absolute Gasteiger partial charge is 0.304 e. The molecule has 0 spiro atoms. The summed E-state index contributed by atoms with van der Waals surface area (Å²) >= 11 is 0. The Hall–Kier alpha value is -2.41. The lowest BCUT2D eigenvalue weighted by Gasteiger charge is -2.31. The van der Waals surface area contributed by atoms with E-state index >= 15 is 0 Å². The zero-order chi connectivity index (χ0) is 19.1. The fourth-order valence-electron chi connectivity index (χ4n) is 4.59. The van der Waals surface area contributed by atoms with Crippen LogP contribution in [0.2, 0.25) is 0 Å². The van der Waals surface area contributed by atoms with Crippen molar-refractivity contribution in [2.75, 3.05) is 19.6 Å². The van der Waals surface area contributed by atoms with Gasteiger partial charge in [0, 0.05) is 13.5 Å². The minimum Gasteiger partial charge on any atom is -0.304 e. The molecule has 0 bridgehead atoms. The molecule has 1 unspecified atom stereocenters. The lowest BCUT2D eigenvalue weighted by Crippen LogP contribution is -2.44. The zero-order valence-corrected chi connectivity index (χ0v) is 15.9. The predicted octanol–water partition coefficient (Wildman–Crippen LogP) is 1.52. The molecule has 7 heteroatoms. The van der Waals surface area contributed by atoms with Crippen LogP contribution < -0.4 is 11.0 Å². The van der Waals surface area contributed by atoms with Gasteiger partial charge in [0.05, 0.1) is 11.0 Å². The van der Waals surface area contributed by atoms with E-state index in [1.807, 2.05) is 12.1 Å². The highest BCUT2D eigenvalue weighted by Gasteiger charge is 2.32. The Bertz CT molecular complexity index is 950. The van der Waals surface area contributed by atoms with E-state index < -0.39 is 6.04 Å². The third kappa shape index (κ3) is 3.00. The Morgan fingerprint density at radius 3 is 2.52 bits per heavy atom. The predicted molar refractivity (Wildman–Crippen MR) is 103 cm³/mol. The van der Waals surface area contributed by atoms with Gasteiger partial charge < -0.3 is 4.90 Å². The fraction of sp³-hybridized carbons (Fsp3) is 0.550. The van der Waals surface area contributed by atoms with Gasteiger partial charge in [0.2, 0.25) is 11.8 Å². The van der Waals surface area contributed by atoms with E-state index in [2.05, 4.69) is 23.2 Å². The average molecular weight is 370 g/mol. The van der Waals surface area contributed by atoms with Crippen LogP contribution in [0.15, 0.2) is 23.0 Å². The van der Waals surface area contributed by atoms with E-state index in [9.17, 15) is 14.4 Å². The zero-order valence-electron chi connectivity index (χ0n) is 15.9. The first-order chi connectivity index (χ1) is 13.0. The summed E-state index contributed by atoms with van der Waals surface area (Å²) in [5.41, 5.74) is 2.70. The number of carbonyl (C=O) groups excluding carboxylic acids is 2. The molecule has 0 saturated carbocycles. The summed E-state index contributed by atoms with van der Waals surface area (Å²) in [6, 6.07) is 5.37. The first-order valence-corrected chi connectivity index (χ1v) is 9.77. The number of para-hydroxylation sites is 1. The lowest BCUT2D eigenvalue weighted by atomic mass is 9.88. The van der Waals surface area contributed by atoms with E-state index in [1.165, 1.54) is 5.56 Å². The first-order valence-electron chi connectivity index (χ1n) is 9.77. The van der Waals surface area contributed by atoms with Crippen LogP contribution in [0.5, 0.6) is 0 Å². The molecular weight excluding hydrogens is 344 g/mol. The summed E-state index contributed by atoms with van der Waals surface area (Å²) in [5.74, 6) is -0.241. The highest BCUT2D eigenvalue weighted by Crippen LogP contribution is 2.34. The van der Waals surface area contributed by atoms with Gasteiger partial charge in [-0.25, -0.2) is 4.79 Å². The third-order valence-corrected chi connectivity index (χ3v) is 6.13. The highest BCUT2D eigenvalue weighted by molar-refractivity contribution is 6.00. The second-order valence-electron chi connectivity index (χ2n) is 7.60. The molecule has 2 amide bonds. The number of carbonyl (C=O) groups is 2. The van der Waals surface area contributed by atoms with Crippen molar-refractivity contribution in [1.82, 2.24) is 19.4 Å². The molecule has 4 rings (SSSR count). The lowest BCUT2D eigenvalue weighted by molar-refractivity contribution is -0.135. The number of imidazole rings is 1. The van der Waals surface area contributed by atoms with Gasteiger partial charge in [0.25, 0.3) is 0 Å². The van der Waals surface area contributed by atoms with Crippen LogP contribution in [-0.4, -0.2) is 45.5 Å². The number of aryl methyl sites for hydroxylation is 1. The maximum absolute atomic E-state index is 13.0. The van der Waals surface area contributed by atoms with Gasteiger partial charge >= 0.3 is 5.69 Å². The van der Waals surface area contributed by atoms with Crippen LogP contribution in [-0.2, 0) is 16.6 Å². The molecule has 2 aliphatic heterocycles. The molecule has 27 heavy (non-hydrogen) atoms. The van der Waals surface area contributed by atoms with Crippen LogP contribution >= 0.6 is 0 Å². The van der Waals surface area contributed by atoms with Crippen molar-refractivity contribution in [2.45, 2.75) is 44.6 Å². The second-order valence-corrected chi connectivity index (χ2v) is 7.60. The standard InChI is InChI=1S/C20H26N4O3/c1-3-23-11-9-13(10-12-23)14-5-4-6-15-18(14)22(2)20(27)24(15)16-7-8-17(25)21-19(16)26/h4-6,13,16H,3,7-12H2,1-2H3,(H,21,25,26). The number of imide groups is 1. The average Bonchev–Trinajstić information content (AvgIpc) is 2.93. The van der Waals surface area contributed by atoms with Crippen molar-refractivity contribution >= 4 is 22.8 Å². The molecule has 0 aliphatic carbocycles.